The third-order valence-electron chi connectivity index (χ3n) is 4.00. The fourth-order valence-corrected chi connectivity index (χ4v) is 2.51. The summed E-state index contributed by atoms with van der Waals surface area (Å²) >= 11 is 0. The second kappa shape index (κ2) is 6.17. The molecule has 2 aliphatic heterocycles. The summed E-state index contributed by atoms with van der Waals surface area (Å²) in [4.78, 5) is 14.6. The predicted octanol–water partition coefficient (Wildman–Crippen LogP) is -0.373. The molecular formula is C13H24N2O4. The molecule has 6 heteroatoms. The molecule has 6 nitrogen and oxygen atoms in total. The van der Waals surface area contributed by atoms with Gasteiger partial charge in [0, 0.05) is 20.2 Å². The van der Waals surface area contributed by atoms with Crippen LogP contribution >= 0.6 is 0 Å². The number of hydrogen-bond donors (Lipinski definition) is 1. The van der Waals surface area contributed by atoms with Crippen LogP contribution in [0.15, 0.2) is 0 Å². The molecule has 2 rings (SSSR count). The van der Waals surface area contributed by atoms with Crippen LogP contribution in [0.2, 0.25) is 0 Å². The van der Waals surface area contributed by atoms with Gasteiger partial charge >= 0.3 is 0 Å². The minimum atomic E-state index is -0.537. The summed E-state index contributed by atoms with van der Waals surface area (Å²) in [7, 11) is 1.64. The van der Waals surface area contributed by atoms with Crippen molar-refractivity contribution < 1.29 is 19.0 Å². The fraction of sp³-hybridized carbons (Fsp3) is 0.923. The minimum Gasteiger partial charge on any atom is -0.379 e. The summed E-state index contributed by atoms with van der Waals surface area (Å²) < 4.78 is 16.0. The molecule has 2 heterocycles. The van der Waals surface area contributed by atoms with E-state index in [9.17, 15) is 4.79 Å². The minimum absolute atomic E-state index is 0.0203. The average Bonchev–Trinajstić information content (AvgIpc) is 2.87. The molecule has 110 valence electrons. The van der Waals surface area contributed by atoms with Gasteiger partial charge in [-0.25, -0.2) is 0 Å². The van der Waals surface area contributed by atoms with Gasteiger partial charge in [0.05, 0.1) is 38.0 Å². The van der Waals surface area contributed by atoms with Crippen LogP contribution in [0.5, 0.6) is 0 Å². The summed E-state index contributed by atoms with van der Waals surface area (Å²) in [6, 6.07) is -0.0576. The topological polar surface area (TPSA) is 60.0 Å². The molecule has 2 saturated heterocycles. The Morgan fingerprint density at radius 3 is 2.58 bits per heavy atom. The molecule has 0 aromatic rings. The Morgan fingerprint density at radius 1 is 1.26 bits per heavy atom. The molecule has 1 amide bonds. The predicted molar refractivity (Wildman–Crippen MR) is 70.0 cm³/mol. The maximum Gasteiger partial charge on any atom is 0.240 e. The van der Waals surface area contributed by atoms with Crippen LogP contribution in [0.1, 0.15) is 13.8 Å². The maximum absolute atomic E-state index is 12.5. The van der Waals surface area contributed by atoms with Gasteiger partial charge in [-0.1, -0.05) is 0 Å². The van der Waals surface area contributed by atoms with Gasteiger partial charge in [-0.3, -0.25) is 9.69 Å². The third-order valence-corrected chi connectivity index (χ3v) is 4.00. The number of nitrogens with zero attached hydrogens (tertiary/aromatic N) is 1. The first-order valence-electron chi connectivity index (χ1n) is 6.80. The van der Waals surface area contributed by atoms with Crippen LogP contribution in [0.4, 0.5) is 0 Å². The Hall–Kier alpha value is -0.690. The van der Waals surface area contributed by atoms with E-state index in [1.165, 1.54) is 0 Å². The van der Waals surface area contributed by atoms with E-state index in [-0.39, 0.29) is 18.1 Å². The highest BCUT2D eigenvalue weighted by Crippen LogP contribution is 2.18. The second-order valence-corrected chi connectivity index (χ2v) is 5.55. The van der Waals surface area contributed by atoms with Crippen molar-refractivity contribution in [3.8, 4) is 0 Å². The molecule has 1 N–H and O–H groups in total. The van der Waals surface area contributed by atoms with Gasteiger partial charge < -0.3 is 19.5 Å². The van der Waals surface area contributed by atoms with Gasteiger partial charge in [0.25, 0.3) is 0 Å². The standard InChI is InChI=1S/C13H24N2O4/c1-13(2,15-4-6-18-7-5-15)12(16)14-10-8-19-9-11(10)17-3/h10-11H,4-9H2,1-3H3,(H,14,16)/t10-,11-/m0/s1. The quantitative estimate of drug-likeness (QED) is 0.756. The lowest BCUT2D eigenvalue weighted by Crippen LogP contribution is -2.60. The normalized spacial score (nSPS) is 29.4. The van der Waals surface area contributed by atoms with E-state index in [1.807, 2.05) is 13.8 Å². The van der Waals surface area contributed by atoms with Gasteiger partial charge in [0.2, 0.25) is 5.91 Å². The molecule has 19 heavy (non-hydrogen) atoms. The molecule has 0 aliphatic carbocycles. The summed E-state index contributed by atoms with van der Waals surface area (Å²) in [5.74, 6) is 0.0203. The third kappa shape index (κ3) is 3.25. The highest BCUT2D eigenvalue weighted by atomic mass is 16.5. The van der Waals surface area contributed by atoms with Crippen LogP contribution in [-0.4, -0.2) is 75.1 Å². The number of rotatable bonds is 4. The van der Waals surface area contributed by atoms with Crippen molar-refractivity contribution in [1.29, 1.82) is 0 Å². The Kier molecular flexibility index (Phi) is 4.78. The number of ether oxygens (including phenoxy) is 3. The maximum atomic E-state index is 12.5. The zero-order valence-electron chi connectivity index (χ0n) is 12.0. The van der Waals surface area contributed by atoms with Gasteiger partial charge in [-0.2, -0.15) is 0 Å². The molecule has 2 atom stereocenters. The number of methoxy groups -OCH3 is 1. The fourth-order valence-electron chi connectivity index (χ4n) is 2.51. The van der Waals surface area contributed by atoms with Crippen molar-refractivity contribution >= 4 is 5.91 Å². The van der Waals surface area contributed by atoms with Crippen molar-refractivity contribution in [3.05, 3.63) is 0 Å². The average molecular weight is 272 g/mol. The van der Waals surface area contributed by atoms with E-state index < -0.39 is 5.54 Å². The smallest absolute Gasteiger partial charge is 0.240 e. The number of carbonyl (C=O) groups is 1. The van der Waals surface area contributed by atoms with Crippen molar-refractivity contribution in [2.75, 3.05) is 46.6 Å². The summed E-state index contributed by atoms with van der Waals surface area (Å²) in [5, 5.41) is 3.05. The van der Waals surface area contributed by atoms with Crippen LogP contribution in [-0.2, 0) is 19.0 Å². The molecule has 0 bridgehead atoms. The summed E-state index contributed by atoms with van der Waals surface area (Å²) in [6.45, 7) is 7.90. The van der Waals surface area contributed by atoms with E-state index in [0.29, 0.717) is 26.4 Å². The number of amides is 1. The number of nitrogens with one attached hydrogen (secondary N) is 1. The first-order valence-corrected chi connectivity index (χ1v) is 6.80. The van der Waals surface area contributed by atoms with Crippen molar-refractivity contribution in [1.82, 2.24) is 10.2 Å². The summed E-state index contributed by atoms with van der Waals surface area (Å²) in [6.07, 6.45) is -0.0514. The van der Waals surface area contributed by atoms with Gasteiger partial charge in [0.15, 0.2) is 0 Å². The lowest BCUT2D eigenvalue weighted by Gasteiger charge is -2.40. The first-order chi connectivity index (χ1) is 9.05. The second-order valence-electron chi connectivity index (χ2n) is 5.55. The zero-order valence-corrected chi connectivity index (χ0v) is 12.0. The van der Waals surface area contributed by atoms with Crippen LogP contribution < -0.4 is 5.32 Å². The van der Waals surface area contributed by atoms with Crippen LogP contribution in [0.25, 0.3) is 0 Å². The SMILES string of the molecule is CO[C@H]1COC[C@@H]1NC(=O)C(C)(C)N1CCOCC1. The Bertz CT molecular complexity index is 316. The van der Waals surface area contributed by atoms with E-state index in [1.54, 1.807) is 7.11 Å². The van der Waals surface area contributed by atoms with Crippen LogP contribution in [0, 0.1) is 0 Å². The van der Waals surface area contributed by atoms with Gasteiger partial charge in [-0.05, 0) is 13.8 Å². The Balaban J connectivity index is 1.93. The molecule has 0 spiro atoms. The Labute approximate surface area is 114 Å². The van der Waals surface area contributed by atoms with Crippen molar-refractivity contribution in [2.24, 2.45) is 0 Å². The lowest BCUT2D eigenvalue weighted by atomic mass is 10.00. The number of hydrogen-bond acceptors (Lipinski definition) is 5. The number of morpholine rings is 1. The summed E-state index contributed by atoms with van der Waals surface area (Å²) in [5.41, 5.74) is -0.537. The lowest BCUT2D eigenvalue weighted by molar-refractivity contribution is -0.136. The highest BCUT2D eigenvalue weighted by molar-refractivity contribution is 5.85. The highest BCUT2D eigenvalue weighted by Gasteiger charge is 2.38. The molecule has 0 radical (unpaired) electrons. The van der Waals surface area contributed by atoms with E-state index in [4.69, 9.17) is 14.2 Å². The largest absolute Gasteiger partial charge is 0.379 e. The molecule has 2 fully saturated rings. The zero-order chi connectivity index (χ0) is 13.9. The molecule has 0 saturated carbocycles. The molecular weight excluding hydrogens is 248 g/mol. The van der Waals surface area contributed by atoms with Gasteiger partial charge in [0.1, 0.15) is 6.10 Å². The number of carbonyl (C=O) groups excluding carboxylic acids is 1. The van der Waals surface area contributed by atoms with E-state index in [0.717, 1.165) is 13.1 Å². The Morgan fingerprint density at radius 2 is 1.95 bits per heavy atom. The first kappa shape index (κ1) is 14.7. The van der Waals surface area contributed by atoms with Gasteiger partial charge in [-0.15, -0.1) is 0 Å². The molecule has 0 aromatic carbocycles. The van der Waals surface area contributed by atoms with E-state index in [2.05, 4.69) is 10.2 Å². The monoisotopic (exact) mass is 272 g/mol. The van der Waals surface area contributed by atoms with Crippen molar-refractivity contribution in [2.45, 2.75) is 31.5 Å². The van der Waals surface area contributed by atoms with E-state index >= 15 is 0 Å². The van der Waals surface area contributed by atoms with Crippen molar-refractivity contribution in [3.63, 3.8) is 0 Å². The van der Waals surface area contributed by atoms with Crippen LogP contribution in [0.3, 0.4) is 0 Å². The molecule has 0 aromatic heterocycles. The molecule has 0 unspecified atom stereocenters. The molecule has 2 aliphatic rings.